The summed E-state index contributed by atoms with van der Waals surface area (Å²) in [6.07, 6.45) is 1.11. The molecule has 1 aliphatic heterocycles. The highest BCUT2D eigenvalue weighted by Gasteiger charge is 2.12. The molecule has 0 spiro atoms. The topological polar surface area (TPSA) is 17.0 Å². The number of benzene rings is 3. The molecule has 0 saturated carbocycles. The lowest BCUT2D eigenvalue weighted by Gasteiger charge is -2.07. The minimum atomic E-state index is 1.06. The summed E-state index contributed by atoms with van der Waals surface area (Å²) in [6.45, 7) is 3.20. The molecule has 4 aromatic rings. The Morgan fingerprint density at radius 1 is 0.708 bits per heavy atom. The summed E-state index contributed by atoms with van der Waals surface area (Å²) in [5, 5.41) is 7.43. The smallest absolute Gasteiger partial charge is 0.0483 e. The van der Waals surface area contributed by atoms with Gasteiger partial charge in [-0.15, -0.1) is 0 Å². The molecule has 0 atom stereocenters. The van der Waals surface area contributed by atoms with E-state index in [1.807, 2.05) is 0 Å². The van der Waals surface area contributed by atoms with Gasteiger partial charge >= 0.3 is 0 Å². The van der Waals surface area contributed by atoms with Crippen LogP contribution in [-0.2, 0) is 13.0 Å². The number of nitrogens with zero attached hydrogens (tertiary/aromatic N) is 1. The Balaban J connectivity index is 1.64. The summed E-state index contributed by atoms with van der Waals surface area (Å²) in [7, 11) is 0. The molecular weight excluding hydrogens is 292 g/mol. The van der Waals surface area contributed by atoms with E-state index in [1.165, 1.54) is 38.5 Å². The molecule has 1 aromatic heterocycles. The van der Waals surface area contributed by atoms with Gasteiger partial charge in [-0.25, -0.2) is 0 Å². The fourth-order valence-electron chi connectivity index (χ4n) is 3.88. The van der Waals surface area contributed by atoms with E-state index in [-0.39, 0.29) is 0 Å². The minimum Gasteiger partial charge on any atom is -0.343 e. The first kappa shape index (κ1) is 13.8. The summed E-state index contributed by atoms with van der Waals surface area (Å²) >= 11 is 0. The van der Waals surface area contributed by atoms with Crippen molar-refractivity contribution in [2.45, 2.75) is 13.0 Å². The third-order valence-corrected chi connectivity index (χ3v) is 5.14. The number of aromatic nitrogens is 1. The lowest BCUT2D eigenvalue weighted by Crippen LogP contribution is -2.17. The second-order valence-corrected chi connectivity index (χ2v) is 6.62. The Labute approximate surface area is 141 Å². The maximum absolute atomic E-state index is 3.48. The van der Waals surface area contributed by atoms with E-state index in [4.69, 9.17) is 0 Å². The van der Waals surface area contributed by atoms with Crippen LogP contribution in [0.3, 0.4) is 0 Å². The SMILES string of the molecule is c1ccc2cc(-c3ccc4c(c3)cc3n4CCNCC3)ccc2c1. The summed E-state index contributed by atoms with van der Waals surface area (Å²) in [5.41, 5.74) is 5.40. The Bertz CT molecular complexity index is 1040. The fraction of sp³-hybridized carbons (Fsp3) is 0.182. The van der Waals surface area contributed by atoms with Gasteiger partial charge in [-0.1, -0.05) is 42.5 Å². The van der Waals surface area contributed by atoms with Crippen molar-refractivity contribution in [3.63, 3.8) is 0 Å². The van der Waals surface area contributed by atoms with Crippen molar-refractivity contribution in [3.8, 4) is 11.1 Å². The lowest BCUT2D eigenvalue weighted by atomic mass is 10.0. The summed E-state index contributed by atoms with van der Waals surface area (Å²) < 4.78 is 2.47. The average molecular weight is 312 g/mol. The number of fused-ring (bicyclic) bond motifs is 4. The van der Waals surface area contributed by atoms with Crippen molar-refractivity contribution >= 4 is 21.7 Å². The molecule has 5 rings (SSSR count). The molecule has 3 aromatic carbocycles. The van der Waals surface area contributed by atoms with E-state index in [2.05, 4.69) is 76.6 Å². The van der Waals surface area contributed by atoms with Gasteiger partial charge in [-0.05, 0) is 46.2 Å². The van der Waals surface area contributed by atoms with Gasteiger partial charge in [0.15, 0.2) is 0 Å². The van der Waals surface area contributed by atoms with Crippen molar-refractivity contribution in [3.05, 3.63) is 72.4 Å². The minimum absolute atomic E-state index is 1.06. The average Bonchev–Trinajstić information content (AvgIpc) is 2.81. The third-order valence-electron chi connectivity index (χ3n) is 5.14. The van der Waals surface area contributed by atoms with Crippen LogP contribution >= 0.6 is 0 Å². The zero-order valence-corrected chi connectivity index (χ0v) is 13.6. The lowest BCUT2D eigenvalue weighted by molar-refractivity contribution is 0.658. The van der Waals surface area contributed by atoms with Crippen molar-refractivity contribution in [1.82, 2.24) is 9.88 Å². The van der Waals surface area contributed by atoms with Crippen LogP contribution in [0.4, 0.5) is 0 Å². The first-order valence-electron chi connectivity index (χ1n) is 8.70. The van der Waals surface area contributed by atoms with E-state index in [0.29, 0.717) is 0 Å². The first-order valence-corrected chi connectivity index (χ1v) is 8.70. The molecule has 24 heavy (non-hydrogen) atoms. The van der Waals surface area contributed by atoms with E-state index >= 15 is 0 Å². The highest BCUT2D eigenvalue weighted by molar-refractivity contribution is 5.91. The predicted octanol–water partition coefficient (Wildman–Crippen LogP) is 4.61. The Kier molecular flexibility index (Phi) is 3.17. The molecule has 1 aliphatic rings. The predicted molar refractivity (Wildman–Crippen MR) is 101 cm³/mol. The largest absolute Gasteiger partial charge is 0.343 e. The van der Waals surface area contributed by atoms with Crippen molar-refractivity contribution in [1.29, 1.82) is 0 Å². The Morgan fingerprint density at radius 2 is 1.50 bits per heavy atom. The number of rotatable bonds is 1. The van der Waals surface area contributed by atoms with Crippen LogP contribution < -0.4 is 5.32 Å². The van der Waals surface area contributed by atoms with Crippen molar-refractivity contribution in [2.24, 2.45) is 0 Å². The fourth-order valence-corrected chi connectivity index (χ4v) is 3.88. The quantitative estimate of drug-likeness (QED) is 0.543. The molecule has 0 saturated heterocycles. The maximum atomic E-state index is 3.48. The van der Waals surface area contributed by atoms with Crippen LogP contribution in [-0.4, -0.2) is 17.7 Å². The Morgan fingerprint density at radius 3 is 2.42 bits per heavy atom. The molecule has 0 unspecified atom stereocenters. The normalized spacial score (nSPS) is 14.7. The zero-order valence-electron chi connectivity index (χ0n) is 13.6. The van der Waals surface area contributed by atoms with Crippen molar-refractivity contribution in [2.75, 3.05) is 13.1 Å². The molecule has 0 bridgehead atoms. The second kappa shape index (κ2) is 5.50. The number of hydrogen-bond donors (Lipinski definition) is 1. The van der Waals surface area contributed by atoms with Crippen molar-refractivity contribution < 1.29 is 0 Å². The molecule has 2 nitrogen and oxygen atoms in total. The van der Waals surface area contributed by atoms with Crippen LogP contribution in [0.5, 0.6) is 0 Å². The number of hydrogen-bond acceptors (Lipinski definition) is 1. The first-order chi connectivity index (χ1) is 11.9. The highest BCUT2D eigenvalue weighted by atomic mass is 15.0. The molecule has 118 valence electrons. The van der Waals surface area contributed by atoms with Gasteiger partial charge < -0.3 is 9.88 Å². The van der Waals surface area contributed by atoms with Gasteiger partial charge in [-0.3, -0.25) is 0 Å². The van der Waals surface area contributed by atoms with Gasteiger partial charge in [0.25, 0.3) is 0 Å². The van der Waals surface area contributed by atoms with Gasteiger partial charge in [0.2, 0.25) is 0 Å². The number of nitrogens with one attached hydrogen (secondary N) is 1. The van der Waals surface area contributed by atoms with E-state index in [1.54, 1.807) is 0 Å². The summed E-state index contributed by atoms with van der Waals surface area (Å²) in [6, 6.07) is 24.6. The molecule has 0 aliphatic carbocycles. The van der Waals surface area contributed by atoms with Crippen LogP contribution in [0.2, 0.25) is 0 Å². The molecular formula is C22H20N2. The second-order valence-electron chi connectivity index (χ2n) is 6.62. The molecule has 0 radical (unpaired) electrons. The van der Waals surface area contributed by atoms with E-state index in [9.17, 15) is 0 Å². The maximum Gasteiger partial charge on any atom is 0.0483 e. The Hall–Kier alpha value is -2.58. The van der Waals surface area contributed by atoms with Crippen LogP contribution in [0.15, 0.2) is 66.7 Å². The molecule has 0 fully saturated rings. The summed E-state index contributed by atoms with van der Waals surface area (Å²) in [4.78, 5) is 0. The molecule has 0 amide bonds. The van der Waals surface area contributed by atoms with Gasteiger partial charge in [0.1, 0.15) is 0 Å². The molecule has 2 heteroatoms. The standard InChI is InChI=1S/C22H20N2/c1-2-4-17-13-18(6-5-16(17)3-1)19-7-8-22-20(14-19)15-21-9-10-23-11-12-24(21)22/h1-8,13-15,23H,9-12H2. The monoisotopic (exact) mass is 312 g/mol. The molecule has 2 heterocycles. The van der Waals surface area contributed by atoms with Crippen LogP contribution in [0.1, 0.15) is 5.69 Å². The van der Waals surface area contributed by atoms with Crippen LogP contribution in [0.25, 0.3) is 32.8 Å². The van der Waals surface area contributed by atoms with Gasteiger partial charge in [0.05, 0.1) is 0 Å². The van der Waals surface area contributed by atoms with E-state index in [0.717, 1.165) is 26.1 Å². The zero-order chi connectivity index (χ0) is 15.9. The summed E-state index contributed by atoms with van der Waals surface area (Å²) in [5.74, 6) is 0. The third kappa shape index (κ3) is 2.22. The highest BCUT2D eigenvalue weighted by Crippen LogP contribution is 2.29. The van der Waals surface area contributed by atoms with Crippen LogP contribution in [0, 0.1) is 0 Å². The molecule has 1 N–H and O–H groups in total. The van der Waals surface area contributed by atoms with Gasteiger partial charge in [0, 0.05) is 42.7 Å². The van der Waals surface area contributed by atoms with Gasteiger partial charge in [-0.2, -0.15) is 0 Å². The van der Waals surface area contributed by atoms with E-state index < -0.39 is 0 Å².